The monoisotopic (exact) mass is 230 g/mol. The summed E-state index contributed by atoms with van der Waals surface area (Å²) in [6.45, 7) is -0.510. The van der Waals surface area contributed by atoms with Crippen LogP contribution in [0.25, 0.3) is 0 Å². The SMILES string of the molecule is NC(N)=NCc1ccncc1OCC(F)F. The summed E-state index contributed by atoms with van der Waals surface area (Å²) < 4.78 is 28.8. The van der Waals surface area contributed by atoms with Crippen molar-refractivity contribution >= 4 is 5.96 Å². The van der Waals surface area contributed by atoms with Crippen molar-refractivity contribution in [3.63, 3.8) is 0 Å². The van der Waals surface area contributed by atoms with Crippen LogP contribution in [0.3, 0.4) is 0 Å². The van der Waals surface area contributed by atoms with Gasteiger partial charge in [0.2, 0.25) is 0 Å². The smallest absolute Gasteiger partial charge is 0.272 e. The predicted octanol–water partition coefficient (Wildman–Crippen LogP) is 0.499. The average molecular weight is 230 g/mol. The van der Waals surface area contributed by atoms with E-state index in [1.807, 2.05) is 0 Å². The van der Waals surface area contributed by atoms with Crippen LogP contribution in [0, 0.1) is 0 Å². The molecule has 0 atom stereocenters. The molecule has 0 saturated heterocycles. The summed E-state index contributed by atoms with van der Waals surface area (Å²) in [6, 6.07) is 1.60. The number of rotatable bonds is 5. The standard InChI is InChI=1S/C9H12F2N4O/c10-8(11)5-16-7-4-14-2-1-6(7)3-15-9(12)13/h1-2,4,8H,3,5H2,(H4,12,13,15). The minimum Gasteiger partial charge on any atom is -0.486 e. The van der Waals surface area contributed by atoms with E-state index in [4.69, 9.17) is 16.2 Å². The maximum absolute atomic E-state index is 12.0. The number of halogens is 2. The number of aromatic nitrogens is 1. The van der Waals surface area contributed by atoms with Crippen LogP contribution in [0.4, 0.5) is 8.78 Å². The Hall–Kier alpha value is -1.92. The molecule has 0 aliphatic heterocycles. The average Bonchev–Trinajstić information content (AvgIpc) is 2.24. The first-order valence-electron chi connectivity index (χ1n) is 4.49. The van der Waals surface area contributed by atoms with Crippen LogP contribution in [0.5, 0.6) is 5.75 Å². The maximum atomic E-state index is 12.0. The van der Waals surface area contributed by atoms with Gasteiger partial charge >= 0.3 is 0 Å². The highest BCUT2D eigenvalue weighted by atomic mass is 19.3. The summed E-state index contributed by atoms with van der Waals surface area (Å²) in [6.07, 6.45) is 0.323. The van der Waals surface area contributed by atoms with Crippen molar-refractivity contribution < 1.29 is 13.5 Å². The van der Waals surface area contributed by atoms with Gasteiger partial charge in [0.05, 0.1) is 12.7 Å². The molecule has 1 aromatic heterocycles. The molecule has 88 valence electrons. The highest BCUT2D eigenvalue weighted by Crippen LogP contribution is 2.17. The van der Waals surface area contributed by atoms with Crippen LogP contribution in [0.15, 0.2) is 23.5 Å². The van der Waals surface area contributed by atoms with Crippen LogP contribution in [-0.2, 0) is 6.54 Å². The first kappa shape index (κ1) is 12.2. The lowest BCUT2D eigenvalue weighted by atomic mass is 10.2. The third kappa shape index (κ3) is 4.07. The van der Waals surface area contributed by atoms with E-state index in [1.165, 1.54) is 12.4 Å². The van der Waals surface area contributed by atoms with E-state index in [2.05, 4.69) is 9.98 Å². The number of nitrogens with two attached hydrogens (primary N) is 2. The molecular formula is C9H12F2N4O. The molecule has 1 aromatic rings. The van der Waals surface area contributed by atoms with Crippen LogP contribution < -0.4 is 16.2 Å². The molecule has 0 saturated carbocycles. The Morgan fingerprint density at radius 3 is 2.88 bits per heavy atom. The van der Waals surface area contributed by atoms with E-state index < -0.39 is 13.0 Å². The minimum atomic E-state index is -2.53. The third-order valence-corrected chi connectivity index (χ3v) is 1.67. The van der Waals surface area contributed by atoms with Crippen LogP contribution in [0.1, 0.15) is 5.56 Å². The van der Waals surface area contributed by atoms with E-state index >= 15 is 0 Å². The maximum Gasteiger partial charge on any atom is 0.272 e. The Balaban J connectivity index is 2.71. The summed E-state index contributed by atoms with van der Waals surface area (Å²) in [5, 5.41) is 0. The molecule has 0 fully saturated rings. The number of hydrogen-bond acceptors (Lipinski definition) is 3. The van der Waals surface area contributed by atoms with E-state index in [9.17, 15) is 8.78 Å². The summed E-state index contributed by atoms with van der Waals surface area (Å²) in [4.78, 5) is 7.53. The van der Waals surface area contributed by atoms with Gasteiger partial charge in [-0.3, -0.25) is 4.98 Å². The molecule has 1 rings (SSSR count). The normalized spacial score (nSPS) is 10.2. The van der Waals surface area contributed by atoms with Crippen molar-refractivity contribution in [2.24, 2.45) is 16.5 Å². The molecule has 5 nitrogen and oxygen atoms in total. The molecule has 0 aromatic carbocycles. The zero-order chi connectivity index (χ0) is 12.0. The Kier molecular flexibility index (Phi) is 4.43. The lowest BCUT2D eigenvalue weighted by Crippen LogP contribution is -2.22. The molecule has 0 spiro atoms. The van der Waals surface area contributed by atoms with Crippen molar-refractivity contribution in [3.05, 3.63) is 24.0 Å². The van der Waals surface area contributed by atoms with Crippen LogP contribution >= 0.6 is 0 Å². The summed E-state index contributed by atoms with van der Waals surface area (Å²) in [5.41, 5.74) is 10.9. The minimum absolute atomic E-state index is 0.0726. The van der Waals surface area contributed by atoms with Gasteiger partial charge < -0.3 is 16.2 Å². The topological polar surface area (TPSA) is 86.5 Å². The number of alkyl halides is 2. The third-order valence-electron chi connectivity index (χ3n) is 1.67. The van der Waals surface area contributed by atoms with Gasteiger partial charge in [-0.15, -0.1) is 0 Å². The summed E-state index contributed by atoms with van der Waals surface area (Å²) in [5.74, 6) is 0.185. The molecule has 16 heavy (non-hydrogen) atoms. The van der Waals surface area contributed by atoms with Crippen molar-refractivity contribution in [1.82, 2.24) is 4.98 Å². The number of pyridine rings is 1. The second kappa shape index (κ2) is 5.84. The molecule has 0 bridgehead atoms. The van der Waals surface area contributed by atoms with Crippen molar-refractivity contribution in [2.75, 3.05) is 6.61 Å². The van der Waals surface area contributed by atoms with E-state index in [1.54, 1.807) is 6.07 Å². The van der Waals surface area contributed by atoms with E-state index in [0.29, 0.717) is 5.56 Å². The first-order chi connectivity index (χ1) is 7.59. The number of ether oxygens (including phenoxy) is 1. The van der Waals surface area contributed by atoms with Crippen molar-refractivity contribution in [1.29, 1.82) is 0 Å². The fraction of sp³-hybridized carbons (Fsp3) is 0.333. The molecule has 0 radical (unpaired) electrons. The second-order valence-electron chi connectivity index (χ2n) is 2.93. The Morgan fingerprint density at radius 2 is 2.25 bits per heavy atom. The molecule has 0 aliphatic carbocycles. The Morgan fingerprint density at radius 1 is 1.50 bits per heavy atom. The largest absolute Gasteiger partial charge is 0.486 e. The molecule has 7 heteroatoms. The molecule has 1 heterocycles. The molecule has 0 unspecified atom stereocenters. The fourth-order valence-corrected chi connectivity index (χ4v) is 0.999. The van der Waals surface area contributed by atoms with E-state index in [-0.39, 0.29) is 18.3 Å². The van der Waals surface area contributed by atoms with Crippen LogP contribution in [0.2, 0.25) is 0 Å². The van der Waals surface area contributed by atoms with Gasteiger partial charge in [0.25, 0.3) is 6.43 Å². The number of nitrogens with zero attached hydrogens (tertiary/aromatic N) is 2. The zero-order valence-corrected chi connectivity index (χ0v) is 8.44. The summed E-state index contributed by atoms with van der Waals surface area (Å²) in [7, 11) is 0. The van der Waals surface area contributed by atoms with Crippen LogP contribution in [-0.4, -0.2) is 24.0 Å². The highest BCUT2D eigenvalue weighted by molar-refractivity contribution is 5.75. The zero-order valence-electron chi connectivity index (χ0n) is 8.44. The lowest BCUT2D eigenvalue weighted by molar-refractivity contribution is 0.0812. The second-order valence-corrected chi connectivity index (χ2v) is 2.93. The van der Waals surface area contributed by atoms with Gasteiger partial charge in [-0.2, -0.15) is 0 Å². The predicted molar refractivity (Wildman–Crippen MR) is 55.2 cm³/mol. The highest BCUT2D eigenvalue weighted by Gasteiger charge is 2.07. The number of aliphatic imine (C=N–C) groups is 1. The van der Waals surface area contributed by atoms with Gasteiger partial charge in [-0.1, -0.05) is 0 Å². The van der Waals surface area contributed by atoms with Gasteiger partial charge in [0, 0.05) is 11.8 Å². The molecular weight excluding hydrogens is 218 g/mol. The summed E-state index contributed by atoms with van der Waals surface area (Å²) >= 11 is 0. The van der Waals surface area contributed by atoms with Crippen molar-refractivity contribution in [2.45, 2.75) is 13.0 Å². The van der Waals surface area contributed by atoms with Gasteiger partial charge in [-0.25, -0.2) is 13.8 Å². The van der Waals surface area contributed by atoms with Gasteiger partial charge in [0.1, 0.15) is 12.4 Å². The first-order valence-corrected chi connectivity index (χ1v) is 4.49. The molecule has 0 amide bonds. The quantitative estimate of drug-likeness (QED) is 0.569. The van der Waals surface area contributed by atoms with E-state index in [0.717, 1.165) is 0 Å². The fourth-order valence-electron chi connectivity index (χ4n) is 0.999. The van der Waals surface area contributed by atoms with Gasteiger partial charge in [0.15, 0.2) is 5.96 Å². The molecule has 4 N–H and O–H groups in total. The van der Waals surface area contributed by atoms with Crippen molar-refractivity contribution in [3.8, 4) is 5.75 Å². The number of guanidine groups is 1. The lowest BCUT2D eigenvalue weighted by Gasteiger charge is -2.08. The number of hydrogen-bond donors (Lipinski definition) is 2. The molecule has 0 aliphatic rings. The van der Waals surface area contributed by atoms with Gasteiger partial charge in [-0.05, 0) is 6.07 Å². The Bertz CT molecular complexity index is 366. The Labute approximate surface area is 91.1 Å².